The van der Waals surface area contributed by atoms with E-state index >= 15 is 0 Å². The second-order valence-corrected chi connectivity index (χ2v) is 4.63. The number of rotatable bonds is 6. The molecule has 0 amide bonds. The Morgan fingerprint density at radius 1 is 1.29 bits per heavy atom. The number of allylic oxidation sites excluding steroid dienone is 2. The Kier molecular flexibility index (Phi) is 5.64. The molecule has 0 bridgehead atoms. The molecule has 0 fully saturated rings. The predicted molar refractivity (Wildman–Crippen MR) is 69.6 cm³/mol. The Morgan fingerprint density at radius 2 is 1.94 bits per heavy atom. The van der Waals surface area contributed by atoms with Crippen LogP contribution >= 0.6 is 0 Å². The molecule has 0 heterocycles. The summed E-state index contributed by atoms with van der Waals surface area (Å²) in [4.78, 5) is 11.6. The maximum Gasteiger partial charge on any atom is 0.158 e. The number of ketones is 1. The van der Waals surface area contributed by atoms with E-state index in [0.717, 1.165) is 12.0 Å². The van der Waals surface area contributed by atoms with Crippen LogP contribution in [0.3, 0.4) is 0 Å². The van der Waals surface area contributed by atoms with E-state index in [-0.39, 0.29) is 12.2 Å². The number of carbonyl (C=O) groups excluding carboxylic acids is 1. The second kappa shape index (κ2) is 7.02. The highest BCUT2D eigenvalue weighted by atomic mass is 16.3. The van der Waals surface area contributed by atoms with Gasteiger partial charge in [0.25, 0.3) is 0 Å². The minimum atomic E-state index is -0.701. The number of aliphatic hydroxyl groups is 1. The van der Waals surface area contributed by atoms with E-state index in [4.69, 9.17) is 0 Å². The van der Waals surface area contributed by atoms with E-state index in [0.29, 0.717) is 5.92 Å². The molecule has 1 unspecified atom stereocenters. The molecule has 2 nitrogen and oxygen atoms in total. The molecule has 0 aromatic heterocycles. The van der Waals surface area contributed by atoms with Crippen molar-refractivity contribution < 1.29 is 9.90 Å². The molecular formula is C15H20O2. The summed E-state index contributed by atoms with van der Waals surface area (Å²) in [5.41, 5.74) is 0.790. The van der Waals surface area contributed by atoms with Crippen LogP contribution < -0.4 is 0 Å². The number of hydrogen-bond acceptors (Lipinski definition) is 2. The average molecular weight is 232 g/mol. The SMILES string of the molecule is CC(C)C/C=C/C(=O)CC(O)c1ccccc1. The Bertz CT molecular complexity index is 366. The van der Waals surface area contributed by atoms with Gasteiger partial charge in [0.2, 0.25) is 0 Å². The Labute approximate surface area is 103 Å². The van der Waals surface area contributed by atoms with Gasteiger partial charge in [-0.05, 0) is 24.0 Å². The van der Waals surface area contributed by atoms with Crippen LogP contribution in [0.25, 0.3) is 0 Å². The number of aliphatic hydroxyl groups excluding tert-OH is 1. The first-order valence-electron chi connectivity index (χ1n) is 6.02. The Morgan fingerprint density at radius 3 is 2.53 bits per heavy atom. The highest BCUT2D eigenvalue weighted by Crippen LogP contribution is 2.16. The molecule has 2 heteroatoms. The van der Waals surface area contributed by atoms with E-state index in [2.05, 4.69) is 13.8 Å². The molecule has 1 aromatic carbocycles. The van der Waals surface area contributed by atoms with Crippen molar-refractivity contribution in [2.45, 2.75) is 32.8 Å². The van der Waals surface area contributed by atoms with E-state index in [9.17, 15) is 9.90 Å². The van der Waals surface area contributed by atoms with Crippen LogP contribution in [-0.4, -0.2) is 10.9 Å². The summed E-state index contributed by atoms with van der Waals surface area (Å²) >= 11 is 0. The van der Waals surface area contributed by atoms with Gasteiger partial charge in [0.05, 0.1) is 6.10 Å². The minimum absolute atomic E-state index is 0.0259. The van der Waals surface area contributed by atoms with Crippen LogP contribution in [0.2, 0.25) is 0 Å². The molecule has 0 spiro atoms. The van der Waals surface area contributed by atoms with Gasteiger partial charge in [-0.15, -0.1) is 0 Å². The molecule has 0 saturated carbocycles. The van der Waals surface area contributed by atoms with Crippen LogP contribution in [0.5, 0.6) is 0 Å². The van der Waals surface area contributed by atoms with Crippen LogP contribution in [-0.2, 0) is 4.79 Å². The van der Waals surface area contributed by atoms with Gasteiger partial charge in [-0.1, -0.05) is 50.3 Å². The molecule has 1 rings (SSSR count). The normalized spacial score (nSPS) is 13.2. The summed E-state index contributed by atoms with van der Waals surface area (Å²) in [6, 6.07) is 9.27. The highest BCUT2D eigenvalue weighted by molar-refractivity contribution is 5.90. The Hall–Kier alpha value is -1.41. The summed E-state index contributed by atoms with van der Waals surface area (Å²) in [5.74, 6) is 0.528. The predicted octanol–water partition coefficient (Wildman–Crippen LogP) is 3.28. The molecule has 0 aliphatic carbocycles. The van der Waals surface area contributed by atoms with Crippen LogP contribution in [0.1, 0.15) is 38.4 Å². The molecular weight excluding hydrogens is 212 g/mol. The van der Waals surface area contributed by atoms with Crippen molar-refractivity contribution in [3.05, 3.63) is 48.0 Å². The van der Waals surface area contributed by atoms with Crippen molar-refractivity contribution in [2.24, 2.45) is 5.92 Å². The quantitative estimate of drug-likeness (QED) is 0.764. The van der Waals surface area contributed by atoms with Gasteiger partial charge in [-0.25, -0.2) is 0 Å². The molecule has 1 aromatic rings. The van der Waals surface area contributed by atoms with Gasteiger partial charge in [0.1, 0.15) is 0 Å². The maximum atomic E-state index is 11.6. The fourth-order valence-corrected chi connectivity index (χ4v) is 1.52. The molecule has 0 aliphatic rings. The molecule has 0 radical (unpaired) electrons. The summed E-state index contributed by atoms with van der Waals surface area (Å²) in [7, 11) is 0. The lowest BCUT2D eigenvalue weighted by Crippen LogP contribution is -2.04. The monoisotopic (exact) mass is 232 g/mol. The number of hydrogen-bond donors (Lipinski definition) is 1. The van der Waals surface area contributed by atoms with Crippen molar-refractivity contribution in [1.29, 1.82) is 0 Å². The lowest BCUT2D eigenvalue weighted by Gasteiger charge is -2.08. The van der Waals surface area contributed by atoms with Crippen molar-refractivity contribution in [2.75, 3.05) is 0 Å². The fraction of sp³-hybridized carbons (Fsp3) is 0.400. The van der Waals surface area contributed by atoms with E-state index in [1.807, 2.05) is 36.4 Å². The standard InChI is InChI=1S/C15H20O2/c1-12(2)7-6-10-14(16)11-15(17)13-8-4-3-5-9-13/h3-6,8-10,12,15,17H,7,11H2,1-2H3/b10-6+. The first-order chi connectivity index (χ1) is 8.09. The molecule has 92 valence electrons. The highest BCUT2D eigenvalue weighted by Gasteiger charge is 2.10. The third-order valence-electron chi connectivity index (χ3n) is 2.49. The molecule has 0 saturated heterocycles. The van der Waals surface area contributed by atoms with Crippen molar-refractivity contribution >= 4 is 5.78 Å². The van der Waals surface area contributed by atoms with Gasteiger partial charge >= 0.3 is 0 Å². The Balaban J connectivity index is 2.44. The van der Waals surface area contributed by atoms with Crippen LogP contribution in [0, 0.1) is 5.92 Å². The largest absolute Gasteiger partial charge is 0.388 e. The first kappa shape index (κ1) is 13.7. The van der Waals surface area contributed by atoms with Gasteiger partial charge in [0, 0.05) is 6.42 Å². The van der Waals surface area contributed by atoms with Gasteiger partial charge < -0.3 is 5.11 Å². The summed E-state index contributed by atoms with van der Waals surface area (Å²) in [5, 5.41) is 9.84. The molecule has 17 heavy (non-hydrogen) atoms. The first-order valence-corrected chi connectivity index (χ1v) is 6.02. The second-order valence-electron chi connectivity index (χ2n) is 4.63. The van der Waals surface area contributed by atoms with E-state index < -0.39 is 6.10 Å². The van der Waals surface area contributed by atoms with Gasteiger partial charge in [-0.2, -0.15) is 0 Å². The lowest BCUT2D eigenvalue weighted by molar-refractivity contribution is -0.116. The zero-order valence-corrected chi connectivity index (χ0v) is 10.5. The number of carbonyl (C=O) groups is 1. The fourth-order valence-electron chi connectivity index (χ4n) is 1.52. The molecule has 1 N–H and O–H groups in total. The smallest absolute Gasteiger partial charge is 0.158 e. The third kappa shape index (κ3) is 5.45. The molecule has 0 aliphatic heterocycles. The topological polar surface area (TPSA) is 37.3 Å². The van der Waals surface area contributed by atoms with E-state index in [1.54, 1.807) is 6.08 Å². The summed E-state index contributed by atoms with van der Waals surface area (Å²) < 4.78 is 0. The van der Waals surface area contributed by atoms with Crippen molar-refractivity contribution in [3.8, 4) is 0 Å². The summed E-state index contributed by atoms with van der Waals surface area (Å²) in [6.07, 6.45) is 3.80. The lowest BCUT2D eigenvalue weighted by atomic mass is 10.0. The van der Waals surface area contributed by atoms with Gasteiger partial charge in [0.15, 0.2) is 5.78 Å². The third-order valence-corrected chi connectivity index (χ3v) is 2.49. The zero-order valence-electron chi connectivity index (χ0n) is 10.5. The van der Waals surface area contributed by atoms with E-state index in [1.165, 1.54) is 0 Å². The minimum Gasteiger partial charge on any atom is -0.388 e. The van der Waals surface area contributed by atoms with Crippen molar-refractivity contribution in [1.82, 2.24) is 0 Å². The van der Waals surface area contributed by atoms with Gasteiger partial charge in [-0.3, -0.25) is 4.79 Å². The summed E-state index contributed by atoms with van der Waals surface area (Å²) in [6.45, 7) is 4.21. The zero-order chi connectivity index (χ0) is 12.7. The number of benzene rings is 1. The maximum absolute atomic E-state index is 11.6. The van der Waals surface area contributed by atoms with Crippen LogP contribution in [0.15, 0.2) is 42.5 Å². The van der Waals surface area contributed by atoms with Crippen LogP contribution in [0.4, 0.5) is 0 Å². The molecule has 1 atom stereocenters. The van der Waals surface area contributed by atoms with Crippen molar-refractivity contribution in [3.63, 3.8) is 0 Å². The average Bonchev–Trinajstić information content (AvgIpc) is 2.29.